The fraction of sp³-hybridized carbons (Fsp3) is 1.00. The van der Waals surface area contributed by atoms with Crippen LogP contribution in [0.25, 0.3) is 0 Å². The van der Waals surface area contributed by atoms with E-state index in [4.69, 9.17) is 5.11 Å². The Labute approximate surface area is 147 Å². The number of phosphoric ester groups is 1. The molecule has 5 atom stereocenters. The molecule has 1 aliphatic rings. The van der Waals surface area contributed by atoms with Gasteiger partial charge in [-0.1, -0.05) is 0 Å². The summed E-state index contributed by atoms with van der Waals surface area (Å²) in [5.41, 5.74) is 0. The van der Waals surface area contributed by atoms with Gasteiger partial charge in [0.05, 0.1) is 14.4 Å². The second kappa shape index (κ2) is 9.04. The molecule has 1 saturated heterocycles. The molecule has 1 aliphatic heterocycles. The monoisotopic (exact) mass is 304 g/mol. The van der Waals surface area contributed by atoms with Crippen molar-refractivity contribution in [2.45, 2.75) is 30.7 Å². The minimum absolute atomic E-state index is 0. The maximum atomic E-state index is 10.3. The van der Waals surface area contributed by atoms with E-state index in [9.17, 15) is 29.7 Å². The Balaban J connectivity index is 0. The van der Waals surface area contributed by atoms with Crippen molar-refractivity contribution < 1.29 is 103 Å². The van der Waals surface area contributed by atoms with E-state index in [1.807, 2.05) is 0 Å². The summed E-state index contributed by atoms with van der Waals surface area (Å²) in [6.45, 7) is -0.743. The number of rotatable bonds is 3. The first-order valence-corrected chi connectivity index (χ1v) is 5.73. The van der Waals surface area contributed by atoms with Crippen LogP contribution in [0.2, 0.25) is 0 Å². The van der Waals surface area contributed by atoms with Gasteiger partial charge in [-0.3, -0.25) is 0 Å². The topological polar surface area (TPSA) is 163 Å². The van der Waals surface area contributed by atoms with Gasteiger partial charge in [-0.2, -0.15) is 0 Å². The molecule has 0 aliphatic carbocycles. The molecule has 0 aromatic heterocycles. The third-order valence-electron chi connectivity index (χ3n) is 2.08. The van der Waals surface area contributed by atoms with Gasteiger partial charge in [0, 0.05) is 0 Å². The fourth-order valence-electron chi connectivity index (χ4n) is 1.28. The molecule has 0 amide bonds. The van der Waals surface area contributed by atoms with Crippen LogP contribution in [-0.2, 0) is 13.8 Å². The van der Waals surface area contributed by atoms with Gasteiger partial charge in [-0.05, 0) is 0 Å². The van der Waals surface area contributed by atoms with Gasteiger partial charge in [-0.25, -0.2) is 0 Å². The van der Waals surface area contributed by atoms with Crippen molar-refractivity contribution in [2.24, 2.45) is 0 Å². The van der Waals surface area contributed by atoms with Gasteiger partial charge in [-0.15, -0.1) is 0 Å². The first-order chi connectivity index (χ1) is 7.26. The number of ether oxygens (including phenoxy) is 1. The van der Waals surface area contributed by atoms with E-state index in [0.29, 0.717) is 0 Å². The van der Waals surface area contributed by atoms with E-state index in [-0.39, 0.29) is 59.1 Å². The van der Waals surface area contributed by atoms with Crippen LogP contribution in [0.3, 0.4) is 0 Å². The SMILES string of the molecule is O=P([O-])([O-])O[C@H]1O[C@H](CO)[C@H](O)[C@@H](O)[C@H]1O.[Na+].[Na+]. The summed E-state index contributed by atoms with van der Waals surface area (Å²) in [6, 6.07) is 0. The van der Waals surface area contributed by atoms with Gasteiger partial charge in [0.15, 0.2) is 6.29 Å². The minimum Gasteiger partial charge on any atom is -0.790 e. The number of phosphoric acid groups is 1. The molecule has 96 valence electrons. The van der Waals surface area contributed by atoms with E-state index in [1.54, 1.807) is 0 Å². The standard InChI is InChI=1S/C6H13O9P.2Na/c7-1-2-3(8)4(9)5(10)6(14-2)15-16(11,12)13;;/h2-10H,1H2,(H2,11,12,13);;/q;2*+1/p-2/t2-,3+,4-,5-,6-;;/m1../s1. The summed E-state index contributed by atoms with van der Waals surface area (Å²) in [6.07, 6.45) is -8.61. The quantitative estimate of drug-likeness (QED) is 0.293. The average molecular weight is 304 g/mol. The van der Waals surface area contributed by atoms with Crippen molar-refractivity contribution in [1.29, 1.82) is 0 Å². The summed E-state index contributed by atoms with van der Waals surface area (Å²) >= 11 is 0. The summed E-state index contributed by atoms with van der Waals surface area (Å²) < 4.78 is 18.7. The van der Waals surface area contributed by atoms with Crippen molar-refractivity contribution in [1.82, 2.24) is 0 Å². The minimum atomic E-state index is -5.41. The number of hydrogen-bond acceptors (Lipinski definition) is 9. The Bertz CT molecular complexity index is 284. The van der Waals surface area contributed by atoms with E-state index >= 15 is 0 Å². The smallest absolute Gasteiger partial charge is 0.790 e. The van der Waals surface area contributed by atoms with E-state index < -0.39 is 45.1 Å². The normalized spacial score (nSPS) is 36.4. The largest absolute Gasteiger partial charge is 1.00 e. The van der Waals surface area contributed by atoms with Gasteiger partial charge in [0.2, 0.25) is 0 Å². The van der Waals surface area contributed by atoms with Gasteiger partial charge in [0.25, 0.3) is 0 Å². The van der Waals surface area contributed by atoms with Crippen LogP contribution in [0.4, 0.5) is 0 Å². The Morgan fingerprint density at radius 2 is 1.61 bits per heavy atom. The Hall–Kier alpha value is 1.91. The van der Waals surface area contributed by atoms with Crippen LogP contribution in [0.5, 0.6) is 0 Å². The average Bonchev–Trinajstić information content (AvgIpc) is 2.17. The zero-order valence-electron chi connectivity index (χ0n) is 9.87. The molecule has 1 fully saturated rings. The maximum absolute atomic E-state index is 10.3. The second-order valence-electron chi connectivity index (χ2n) is 3.25. The third-order valence-corrected chi connectivity index (χ3v) is 2.55. The first-order valence-electron chi connectivity index (χ1n) is 4.27. The summed E-state index contributed by atoms with van der Waals surface area (Å²) in [4.78, 5) is 20.6. The van der Waals surface area contributed by atoms with Gasteiger partial charge in [0.1, 0.15) is 24.4 Å². The van der Waals surface area contributed by atoms with Crippen LogP contribution in [0, 0.1) is 0 Å². The molecule has 4 N–H and O–H groups in total. The molecule has 12 heteroatoms. The molecular weight excluding hydrogens is 293 g/mol. The van der Waals surface area contributed by atoms with Crippen molar-refractivity contribution in [3.63, 3.8) is 0 Å². The first kappa shape index (κ1) is 22.2. The molecule has 1 rings (SSSR count). The van der Waals surface area contributed by atoms with Crippen molar-refractivity contribution >= 4 is 7.82 Å². The van der Waals surface area contributed by atoms with Crippen LogP contribution in [0.1, 0.15) is 0 Å². The van der Waals surface area contributed by atoms with E-state index in [2.05, 4.69) is 9.26 Å². The molecular formula is C6H11Na2O9P. The molecule has 0 unspecified atom stereocenters. The third kappa shape index (κ3) is 6.13. The van der Waals surface area contributed by atoms with Crippen LogP contribution in [0.15, 0.2) is 0 Å². The number of aliphatic hydroxyl groups excluding tert-OH is 4. The fourth-order valence-corrected chi connectivity index (χ4v) is 1.71. The summed E-state index contributed by atoms with van der Waals surface area (Å²) in [5, 5.41) is 36.5. The predicted molar refractivity (Wildman–Crippen MR) is 42.5 cm³/mol. The second-order valence-corrected chi connectivity index (χ2v) is 4.36. The van der Waals surface area contributed by atoms with Gasteiger partial charge < -0.3 is 44.0 Å². The molecule has 0 aromatic carbocycles. The van der Waals surface area contributed by atoms with Crippen molar-refractivity contribution in [2.75, 3.05) is 6.61 Å². The van der Waals surface area contributed by atoms with Crippen LogP contribution < -0.4 is 68.9 Å². The zero-order chi connectivity index (χ0) is 12.5. The number of hydrogen-bond donors (Lipinski definition) is 4. The molecule has 1 heterocycles. The number of aliphatic hydroxyl groups is 4. The van der Waals surface area contributed by atoms with Crippen molar-refractivity contribution in [3.05, 3.63) is 0 Å². The molecule has 0 spiro atoms. The summed E-state index contributed by atoms with van der Waals surface area (Å²) in [7, 11) is -5.41. The Morgan fingerprint density at radius 1 is 1.11 bits per heavy atom. The molecule has 0 aromatic rings. The Kier molecular flexibility index (Phi) is 11.1. The van der Waals surface area contributed by atoms with E-state index in [1.165, 1.54) is 0 Å². The molecule has 0 saturated carbocycles. The molecule has 0 radical (unpaired) electrons. The maximum Gasteiger partial charge on any atom is 1.00 e. The summed E-state index contributed by atoms with van der Waals surface area (Å²) in [5.74, 6) is 0. The van der Waals surface area contributed by atoms with E-state index in [0.717, 1.165) is 0 Å². The van der Waals surface area contributed by atoms with Crippen molar-refractivity contribution in [3.8, 4) is 0 Å². The Morgan fingerprint density at radius 3 is 2.00 bits per heavy atom. The molecule has 18 heavy (non-hydrogen) atoms. The molecule has 0 bridgehead atoms. The molecule has 9 nitrogen and oxygen atoms in total. The van der Waals surface area contributed by atoms with Crippen LogP contribution in [-0.4, -0.2) is 57.7 Å². The zero-order valence-corrected chi connectivity index (χ0v) is 14.8. The van der Waals surface area contributed by atoms with Crippen LogP contribution >= 0.6 is 7.82 Å². The van der Waals surface area contributed by atoms with Gasteiger partial charge >= 0.3 is 59.1 Å². The predicted octanol–water partition coefficient (Wildman–Crippen LogP) is -10.4.